The number of hydrogen-bond donors (Lipinski definition) is 1. The molecule has 0 aromatic rings. The standard InChI is InChI=1S/C4H8N2O2S/c1-5-4(3-9-2)6(7)8/h3,5H,1-2H3. The predicted octanol–water partition coefficient (Wildman–Crippen LogP) is 0.644. The van der Waals surface area contributed by atoms with Crippen LogP contribution in [0.5, 0.6) is 0 Å². The first-order chi connectivity index (χ1) is 4.22. The van der Waals surface area contributed by atoms with Crippen LogP contribution < -0.4 is 5.32 Å². The third-order valence-electron chi connectivity index (χ3n) is 0.682. The molecule has 0 aromatic carbocycles. The summed E-state index contributed by atoms with van der Waals surface area (Å²) in [6, 6.07) is 0. The topological polar surface area (TPSA) is 55.2 Å². The molecule has 0 heterocycles. The van der Waals surface area contributed by atoms with Crippen LogP contribution in [0, 0.1) is 10.1 Å². The van der Waals surface area contributed by atoms with Crippen molar-refractivity contribution in [3.8, 4) is 0 Å². The molecule has 0 amide bonds. The Morgan fingerprint density at radius 1 is 1.89 bits per heavy atom. The van der Waals surface area contributed by atoms with Gasteiger partial charge in [-0.3, -0.25) is 5.32 Å². The zero-order chi connectivity index (χ0) is 7.28. The van der Waals surface area contributed by atoms with Gasteiger partial charge >= 0.3 is 5.82 Å². The number of nitro groups is 1. The van der Waals surface area contributed by atoms with Crippen molar-refractivity contribution < 1.29 is 4.92 Å². The Kier molecular flexibility index (Phi) is 3.87. The Hall–Kier alpha value is -0.710. The molecule has 9 heavy (non-hydrogen) atoms. The highest BCUT2D eigenvalue weighted by Gasteiger charge is 2.00. The molecule has 4 nitrogen and oxygen atoms in total. The molecular formula is C4H8N2O2S. The SMILES string of the molecule is CNC(=CSC)[N+](=O)[O-]. The predicted molar refractivity (Wildman–Crippen MR) is 37.7 cm³/mol. The van der Waals surface area contributed by atoms with E-state index in [1.807, 2.05) is 0 Å². The van der Waals surface area contributed by atoms with Crippen molar-refractivity contribution in [1.29, 1.82) is 0 Å². The highest BCUT2D eigenvalue weighted by Crippen LogP contribution is 1.98. The average molecular weight is 148 g/mol. The summed E-state index contributed by atoms with van der Waals surface area (Å²) in [5.41, 5.74) is 0. The Morgan fingerprint density at radius 3 is 2.56 bits per heavy atom. The molecule has 0 aliphatic heterocycles. The van der Waals surface area contributed by atoms with Crippen LogP contribution in [0.2, 0.25) is 0 Å². The van der Waals surface area contributed by atoms with E-state index in [1.54, 1.807) is 6.26 Å². The summed E-state index contributed by atoms with van der Waals surface area (Å²) in [5, 5.41) is 13.9. The highest BCUT2D eigenvalue weighted by atomic mass is 32.2. The second kappa shape index (κ2) is 4.20. The molecule has 0 spiro atoms. The van der Waals surface area contributed by atoms with Gasteiger partial charge in [-0.05, 0) is 11.2 Å². The van der Waals surface area contributed by atoms with Crippen molar-refractivity contribution in [1.82, 2.24) is 5.32 Å². The second-order valence-electron chi connectivity index (χ2n) is 1.25. The van der Waals surface area contributed by atoms with Gasteiger partial charge in [0.2, 0.25) is 0 Å². The van der Waals surface area contributed by atoms with E-state index >= 15 is 0 Å². The van der Waals surface area contributed by atoms with Crippen LogP contribution in [0.15, 0.2) is 11.2 Å². The normalized spacial score (nSPS) is 11.1. The Morgan fingerprint density at radius 2 is 2.44 bits per heavy atom. The molecule has 0 unspecified atom stereocenters. The van der Waals surface area contributed by atoms with Gasteiger partial charge in [0.25, 0.3) is 0 Å². The lowest BCUT2D eigenvalue weighted by Gasteiger charge is -1.95. The molecule has 0 aliphatic carbocycles. The molecule has 0 saturated carbocycles. The summed E-state index contributed by atoms with van der Waals surface area (Å²) in [6.45, 7) is 0. The second-order valence-corrected chi connectivity index (χ2v) is 1.95. The summed E-state index contributed by atoms with van der Waals surface area (Å²) < 4.78 is 0. The molecular weight excluding hydrogens is 140 g/mol. The molecule has 0 saturated heterocycles. The Bertz CT molecular complexity index is 135. The first kappa shape index (κ1) is 8.29. The van der Waals surface area contributed by atoms with Crippen LogP contribution >= 0.6 is 11.8 Å². The van der Waals surface area contributed by atoms with E-state index in [0.29, 0.717) is 0 Å². The molecule has 0 atom stereocenters. The lowest BCUT2D eigenvalue weighted by atomic mass is 10.8. The average Bonchev–Trinajstić information content (AvgIpc) is 1.82. The van der Waals surface area contributed by atoms with Crippen molar-refractivity contribution >= 4 is 11.8 Å². The van der Waals surface area contributed by atoms with Crippen molar-refractivity contribution in [2.24, 2.45) is 0 Å². The number of rotatable bonds is 3. The molecule has 0 aromatic heterocycles. The number of hydrogen-bond acceptors (Lipinski definition) is 4. The van der Waals surface area contributed by atoms with Crippen LogP contribution in [0.4, 0.5) is 0 Å². The minimum Gasteiger partial charge on any atom is -0.358 e. The molecule has 1 N–H and O–H groups in total. The van der Waals surface area contributed by atoms with Gasteiger partial charge in [-0.2, -0.15) is 0 Å². The van der Waals surface area contributed by atoms with Gasteiger partial charge < -0.3 is 10.1 Å². The van der Waals surface area contributed by atoms with Gasteiger partial charge in [0.1, 0.15) is 0 Å². The van der Waals surface area contributed by atoms with Crippen LogP contribution in [0.25, 0.3) is 0 Å². The van der Waals surface area contributed by atoms with E-state index < -0.39 is 4.92 Å². The van der Waals surface area contributed by atoms with Crippen molar-refractivity contribution in [2.45, 2.75) is 0 Å². The minimum atomic E-state index is -0.462. The molecule has 5 heteroatoms. The van der Waals surface area contributed by atoms with Gasteiger partial charge in [-0.25, -0.2) is 0 Å². The fraction of sp³-hybridized carbons (Fsp3) is 0.500. The van der Waals surface area contributed by atoms with E-state index in [-0.39, 0.29) is 5.82 Å². The van der Waals surface area contributed by atoms with Crippen LogP contribution in [-0.4, -0.2) is 18.2 Å². The monoisotopic (exact) mass is 148 g/mol. The number of nitrogens with zero attached hydrogens (tertiary/aromatic N) is 1. The zero-order valence-corrected chi connectivity index (χ0v) is 6.07. The zero-order valence-electron chi connectivity index (χ0n) is 5.25. The lowest BCUT2D eigenvalue weighted by molar-refractivity contribution is -0.430. The highest BCUT2D eigenvalue weighted by molar-refractivity contribution is 8.01. The van der Waals surface area contributed by atoms with Crippen molar-refractivity contribution in [3.63, 3.8) is 0 Å². The first-order valence-electron chi connectivity index (χ1n) is 2.27. The Labute approximate surface area is 57.5 Å². The van der Waals surface area contributed by atoms with Gasteiger partial charge in [0.15, 0.2) is 0 Å². The summed E-state index contributed by atoms with van der Waals surface area (Å²) in [6.07, 6.45) is 1.76. The van der Waals surface area contributed by atoms with Gasteiger partial charge in [0.05, 0.1) is 12.5 Å². The smallest absolute Gasteiger partial charge is 0.322 e. The number of thioether (sulfide) groups is 1. The van der Waals surface area contributed by atoms with E-state index in [1.165, 1.54) is 24.2 Å². The molecule has 0 bridgehead atoms. The van der Waals surface area contributed by atoms with E-state index in [2.05, 4.69) is 5.32 Å². The van der Waals surface area contributed by atoms with Gasteiger partial charge in [-0.15, -0.1) is 11.8 Å². The van der Waals surface area contributed by atoms with Crippen LogP contribution in [0.1, 0.15) is 0 Å². The molecule has 0 rings (SSSR count). The van der Waals surface area contributed by atoms with Gasteiger partial charge in [0, 0.05) is 0 Å². The largest absolute Gasteiger partial charge is 0.358 e. The minimum absolute atomic E-state index is 0.0301. The lowest BCUT2D eigenvalue weighted by Crippen LogP contribution is -2.13. The number of nitrogens with one attached hydrogen (secondary N) is 1. The summed E-state index contributed by atoms with van der Waals surface area (Å²) in [7, 11) is 1.52. The van der Waals surface area contributed by atoms with Crippen LogP contribution in [0.3, 0.4) is 0 Å². The summed E-state index contributed by atoms with van der Waals surface area (Å²) in [5.74, 6) is 0.0301. The summed E-state index contributed by atoms with van der Waals surface area (Å²) >= 11 is 1.30. The Balaban J connectivity index is 3.98. The maximum Gasteiger partial charge on any atom is 0.322 e. The summed E-state index contributed by atoms with van der Waals surface area (Å²) in [4.78, 5) is 9.52. The molecule has 0 aliphatic rings. The third kappa shape index (κ3) is 2.97. The fourth-order valence-corrected chi connectivity index (χ4v) is 0.732. The van der Waals surface area contributed by atoms with E-state index in [4.69, 9.17) is 0 Å². The third-order valence-corrected chi connectivity index (χ3v) is 1.14. The molecule has 52 valence electrons. The van der Waals surface area contributed by atoms with Crippen molar-refractivity contribution in [3.05, 3.63) is 21.3 Å². The fourth-order valence-electron chi connectivity index (χ4n) is 0.305. The first-order valence-corrected chi connectivity index (χ1v) is 3.56. The quantitative estimate of drug-likeness (QED) is 0.471. The maximum absolute atomic E-state index is 9.98. The van der Waals surface area contributed by atoms with E-state index in [0.717, 1.165) is 0 Å². The maximum atomic E-state index is 9.98. The van der Waals surface area contributed by atoms with Crippen molar-refractivity contribution in [2.75, 3.05) is 13.3 Å². The van der Waals surface area contributed by atoms with E-state index in [9.17, 15) is 10.1 Å². The van der Waals surface area contributed by atoms with Crippen LogP contribution in [-0.2, 0) is 0 Å². The molecule has 0 fully saturated rings. The van der Waals surface area contributed by atoms with Gasteiger partial charge in [-0.1, -0.05) is 0 Å². The molecule has 0 radical (unpaired) electrons.